The maximum absolute atomic E-state index is 13.8. The number of hydrogen-bond acceptors (Lipinski definition) is 4. The second kappa shape index (κ2) is 5.68. The molecule has 6 heteroatoms. The average molecular weight is 430 g/mol. The zero-order valence-corrected chi connectivity index (χ0v) is 17.0. The first-order chi connectivity index (χ1) is 15.1. The topological polar surface area (TPSA) is 55.8 Å². The van der Waals surface area contributed by atoms with Crippen LogP contribution in [-0.4, -0.2) is 18.6 Å². The monoisotopic (exact) mass is 429 g/mol. The molecule has 2 atom stereocenters. The van der Waals surface area contributed by atoms with Gasteiger partial charge in [0.05, 0.1) is 17.5 Å². The number of nitrogens with zero attached hydrogens (tertiary/aromatic N) is 1. The van der Waals surface area contributed by atoms with Gasteiger partial charge in [0.1, 0.15) is 4.87 Å². The Kier molecular flexibility index (Phi) is 3.18. The molecule has 0 spiro atoms. The van der Waals surface area contributed by atoms with Gasteiger partial charge in [-0.15, -0.1) is 11.6 Å². The Morgan fingerprint density at radius 3 is 2.19 bits per heavy atom. The zero-order valence-electron chi connectivity index (χ0n) is 16.2. The molecule has 0 saturated carbocycles. The first kappa shape index (κ1) is 17.4. The van der Waals surface area contributed by atoms with Gasteiger partial charge in [-0.05, 0) is 34.4 Å². The number of halogens is 1. The molecule has 2 bridgehead atoms. The largest absolute Gasteiger partial charge is 0.454 e. The van der Waals surface area contributed by atoms with Crippen LogP contribution in [0.15, 0.2) is 66.7 Å². The molecule has 2 amide bonds. The number of carbonyl (C=O) groups excluding carboxylic acids is 2. The van der Waals surface area contributed by atoms with Gasteiger partial charge < -0.3 is 9.47 Å². The number of carbonyl (C=O) groups is 2. The van der Waals surface area contributed by atoms with E-state index < -0.39 is 16.7 Å². The number of benzene rings is 3. The Morgan fingerprint density at radius 1 is 0.839 bits per heavy atom. The summed E-state index contributed by atoms with van der Waals surface area (Å²) in [5, 5.41) is 0. The van der Waals surface area contributed by atoms with Crippen LogP contribution in [0.4, 0.5) is 5.69 Å². The summed E-state index contributed by atoms with van der Waals surface area (Å²) in [6.07, 6.45) is 0. The lowest BCUT2D eigenvalue weighted by atomic mass is 9.54. The molecule has 2 aliphatic heterocycles. The smallest absolute Gasteiger partial charge is 0.240 e. The average Bonchev–Trinajstić information content (AvgIpc) is 3.37. The molecule has 1 saturated heterocycles. The van der Waals surface area contributed by atoms with Crippen LogP contribution < -0.4 is 14.4 Å². The molecule has 3 aromatic rings. The highest BCUT2D eigenvalue weighted by atomic mass is 35.5. The Morgan fingerprint density at radius 2 is 1.48 bits per heavy atom. The molecule has 0 N–H and O–H groups in total. The minimum Gasteiger partial charge on any atom is -0.454 e. The molecule has 31 heavy (non-hydrogen) atoms. The minimum atomic E-state index is -1.08. The van der Waals surface area contributed by atoms with E-state index in [9.17, 15) is 9.59 Å². The first-order valence-electron chi connectivity index (χ1n) is 10.3. The van der Waals surface area contributed by atoms with Crippen LogP contribution in [0.3, 0.4) is 0 Å². The summed E-state index contributed by atoms with van der Waals surface area (Å²) in [5.41, 5.74) is 4.41. The first-order valence-corrected chi connectivity index (χ1v) is 10.6. The second-order valence-corrected chi connectivity index (χ2v) is 9.01. The normalized spacial score (nSPS) is 29.1. The maximum atomic E-state index is 13.8. The molecular weight excluding hydrogens is 414 g/mol. The van der Waals surface area contributed by atoms with Crippen molar-refractivity contribution in [1.29, 1.82) is 0 Å². The van der Waals surface area contributed by atoms with Crippen LogP contribution >= 0.6 is 11.6 Å². The van der Waals surface area contributed by atoms with Crippen molar-refractivity contribution in [2.45, 2.75) is 10.8 Å². The third-order valence-electron chi connectivity index (χ3n) is 7.13. The number of amides is 2. The summed E-state index contributed by atoms with van der Waals surface area (Å²) in [6.45, 7) is 0.128. The minimum absolute atomic E-state index is 0.128. The molecule has 152 valence electrons. The van der Waals surface area contributed by atoms with Crippen molar-refractivity contribution >= 4 is 29.1 Å². The van der Waals surface area contributed by atoms with E-state index >= 15 is 0 Å². The lowest BCUT2D eigenvalue weighted by Gasteiger charge is -2.50. The fourth-order valence-electron chi connectivity index (χ4n) is 5.96. The fourth-order valence-corrected chi connectivity index (χ4v) is 6.53. The van der Waals surface area contributed by atoms with E-state index in [1.165, 1.54) is 4.90 Å². The number of alkyl halides is 1. The van der Waals surface area contributed by atoms with Gasteiger partial charge in [-0.1, -0.05) is 48.5 Å². The molecule has 0 radical (unpaired) electrons. The van der Waals surface area contributed by atoms with E-state index in [1.54, 1.807) is 18.2 Å². The Labute approximate surface area is 183 Å². The van der Waals surface area contributed by atoms with E-state index in [4.69, 9.17) is 21.1 Å². The molecule has 5 nitrogen and oxygen atoms in total. The van der Waals surface area contributed by atoms with Crippen LogP contribution in [0.25, 0.3) is 0 Å². The van der Waals surface area contributed by atoms with E-state index in [-0.39, 0.29) is 24.5 Å². The number of anilines is 1. The van der Waals surface area contributed by atoms with Gasteiger partial charge in [-0.3, -0.25) is 9.59 Å². The maximum Gasteiger partial charge on any atom is 0.240 e. The molecule has 0 aromatic heterocycles. The quantitative estimate of drug-likeness (QED) is 0.430. The van der Waals surface area contributed by atoms with Crippen LogP contribution in [0.1, 0.15) is 28.2 Å². The summed E-state index contributed by atoms with van der Waals surface area (Å²) in [6, 6.07) is 21.0. The summed E-state index contributed by atoms with van der Waals surface area (Å²) >= 11 is 7.42. The van der Waals surface area contributed by atoms with Crippen LogP contribution in [0.5, 0.6) is 11.5 Å². The molecular formula is C25H16ClNO4. The van der Waals surface area contributed by atoms with Crippen LogP contribution in [0.2, 0.25) is 0 Å². The number of rotatable bonds is 1. The molecule has 3 aliphatic carbocycles. The highest BCUT2D eigenvalue weighted by Gasteiger charge is 2.68. The van der Waals surface area contributed by atoms with Crippen LogP contribution in [-0.2, 0) is 14.5 Å². The van der Waals surface area contributed by atoms with Crippen molar-refractivity contribution in [3.8, 4) is 11.5 Å². The van der Waals surface area contributed by atoms with Crippen molar-refractivity contribution in [3.63, 3.8) is 0 Å². The summed E-state index contributed by atoms with van der Waals surface area (Å²) < 4.78 is 10.8. The van der Waals surface area contributed by atoms with Gasteiger partial charge in [-0.25, -0.2) is 4.90 Å². The van der Waals surface area contributed by atoms with Crippen molar-refractivity contribution < 1.29 is 19.1 Å². The molecule has 3 aromatic carbocycles. The predicted molar refractivity (Wildman–Crippen MR) is 113 cm³/mol. The van der Waals surface area contributed by atoms with Gasteiger partial charge in [-0.2, -0.15) is 0 Å². The van der Waals surface area contributed by atoms with Crippen molar-refractivity contribution in [1.82, 2.24) is 0 Å². The summed E-state index contributed by atoms with van der Waals surface area (Å²) in [7, 11) is 0. The third kappa shape index (κ3) is 1.94. The fraction of sp³-hybridized carbons (Fsp3) is 0.200. The third-order valence-corrected chi connectivity index (χ3v) is 7.77. The zero-order chi connectivity index (χ0) is 20.9. The van der Waals surface area contributed by atoms with Gasteiger partial charge in [0.25, 0.3) is 0 Å². The van der Waals surface area contributed by atoms with Gasteiger partial charge in [0, 0.05) is 12.0 Å². The van der Waals surface area contributed by atoms with Gasteiger partial charge in [0.2, 0.25) is 18.6 Å². The lowest BCUT2D eigenvalue weighted by molar-refractivity contribution is -0.122. The highest BCUT2D eigenvalue weighted by Crippen LogP contribution is 2.66. The Hall–Kier alpha value is -3.31. The van der Waals surface area contributed by atoms with Crippen molar-refractivity contribution in [2.75, 3.05) is 11.7 Å². The van der Waals surface area contributed by atoms with E-state index in [1.807, 2.05) is 48.5 Å². The number of ether oxygens (including phenoxy) is 2. The Balaban J connectivity index is 1.45. The summed E-state index contributed by atoms with van der Waals surface area (Å²) in [5.74, 6) is -0.751. The van der Waals surface area contributed by atoms with Crippen molar-refractivity contribution in [2.24, 2.45) is 11.8 Å². The van der Waals surface area contributed by atoms with Gasteiger partial charge >= 0.3 is 0 Å². The van der Waals surface area contributed by atoms with E-state index in [0.717, 1.165) is 22.3 Å². The SMILES string of the molecule is O=C1[C@@H]2[C@@H](C(=O)N1c1ccc3c(c1)OCO3)C1c3ccccc3C2(Cl)c2ccccc21. The van der Waals surface area contributed by atoms with Crippen molar-refractivity contribution in [3.05, 3.63) is 89.0 Å². The Bertz CT molecular complexity index is 1270. The standard InChI is InChI=1S/C25H16ClNO4/c26-25-16-7-3-1-5-14(16)20(15-6-2-4-8-17(15)25)21-22(25)24(29)27(23(21)28)13-9-10-18-19(11-13)31-12-30-18/h1-11,20-22H,12H2/t20?,21-,22-,25?/m0/s1. The molecule has 1 fully saturated rings. The van der Waals surface area contributed by atoms with E-state index in [2.05, 4.69) is 0 Å². The molecule has 0 unspecified atom stereocenters. The lowest BCUT2D eigenvalue weighted by Crippen LogP contribution is -2.50. The predicted octanol–water partition coefficient (Wildman–Crippen LogP) is 4.16. The highest BCUT2D eigenvalue weighted by molar-refractivity contribution is 6.33. The summed E-state index contributed by atoms with van der Waals surface area (Å²) in [4.78, 5) is 27.8. The second-order valence-electron chi connectivity index (χ2n) is 8.42. The van der Waals surface area contributed by atoms with E-state index in [0.29, 0.717) is 17.2 Å². The number of imide groups is 1. The number of hydrogen-bond donors (Lipinski definition) is 0. The molecule has 2 heterocycles. The number of fused-ring (bicyclic) bond motifs is 1. The van der Waals surface area contributed by atoms with Gasteiger partial charge in [0.15, 0.2) is 11.5 Å². The van der Waals surface area contributed by atoms with Crippen LogP contribution in [0, 0.1) is 11.8 Å². The molecule has 8 rings (SSSR count). The molecule has 5 aliphatic rings.